The van der Waals surface area contributed by atoms with E-state index in [9.17, 15) is 13.2 Å². The van der Waals surface area contributed by atoms with Crippen molar-refractivity contribution in [2.24, 2.45) is 4.99 Å². The monoisotopic (exact) mass is 411 g/mol. The van der Waals surface area contributed by atoms with E-state index in [0.717, 1.165) is 6.42 Å². The average Bonchev–Trinajstić information content (AvgIpc) is 3.42. The first-order valence-electron chi connectivity index (χ1n) is 8.83. The van der Waals surface area contributed by atoms with Crippen molar-refractivity contribution in [3.05, 3.63) is 54.1 Å². The molecule has 11 heteroatoms. The summed E-state index contributed by atoms with van der Waals surface area (Å²) in [6.45, 7) is 0.624. The number of tetrazole rings is 1. The summed E-state index contributed by atoms with van der Waals surface area (Å²) in [4.78, 5) is 16.7. The third-order valence-electron chi connectivity index (χ3n) is 4.28. The first-order valence-corrected chi connectivity index (χ1v) is 10.3. The van der Waals surface area contributed by atoms with Gasteiger partial charge in [-0.3, -0.25) is 14.5 Å². The van der Waals surface area contributed by atoms with Gasteiger partial charge in [-0.2, -0.15) is 5.21 Å². The average molecular weight is 411 g/mol. The van der Waals surface area contributed by atoms with E-state index in [-0.39, 0.29) is 10.8 Å². The minimum absolute atomic E-state index is 0.0531. The maximum absolute atomic E-state index is 12.5. The van der Waals surface area contributed by atoms with Crippen molar-refractivity contribution in [1.82, 2.24) is 25.3 Å². The standard InChI is InChI=1S/C18H17N7O3S/c26-18(13-8-6-12(7-9-13)17-21-24-25-22-17)20-14-3-1-4-15(11-14)29(27,28)23-16-5-2-10-19-16/h1,3-4,6-9,11H,2,5,10H2,(H,19,23)(H,20,26)(H,21,22,24,25). The van der Waals surface area contributed by atoms with Gasteiger partial charge in [0.05, 0.1) is 4.90 Å². The Morgan fingerprint density at radius 3 is 2.62 bits per heavy atom. The topological polar surface area (TPSA) is 142 Å². The summed E-state index contributed by atoms with van der Waals surface area (Å²) in [6.07, 6.45) is 1.44. The number of carbonyl (C=O) groups excluding carboxylic acids is 1. The first-order chi connectivity index (χ1) is 14.0. The molecule has 2 heterocycles. The van der Waals surface area contributed by atoms with Crippen LogP contribution in [0.15, 0.2) is 58.4 Å². The number of amidine groups is 1. The Morgan fingerprint density at radius 1 is 1.10 bits per heavy atom. The number of benzene rings is 2. The number of nitrogens with one attached hydrogen (secondary N) is 3. The number of hydrogen-bond donors (Lipinski definition) is 3. The van der Waals surface area contributed by atoms with Crippen molar-refractivity contribution in [3.8, 4) is 11.4 Å². The predicted octanol–water partition coefficient (Wildman–Crippen LogP) is 1.59. The zero-order chi connectivity index (χ0) is 20.3. The molecule has 2 aromatic carbocycles. The molecule has 0 aliphatic carbocycles. The molecule has 1 aliphatic rings. The van der Waals surface area contributed by atoms with Crippen LogP contribution < -0.4 is 10.0 Å². The molecule has 3 N–H and O–H groups in total. The number of anilines is 1. The molecule has 0 fully saturated rings. The van der Waals surface area contributed by atoms with Gasteiger partial charge >= 0.3 is 0 Å². The van der Waals surface area contributed by atoms with Gasteiger partial charge in [-0.05, 0) is 42.0 Å². The van der Waals surface area contributed by atoms with E-state index in [0.29, 0.717) is 41.4 Å². The van der Waals surface area contributed by atoms with E-state index in [1.165, 1.54) is 12.1 Å². The van der Waals surface area contributed by atoms with Gasteiger partial charge in [0.15, 0.2) is 0 Å². The lowest BCUT2D eigenvalue weighted by atomic mass is 10.1. The van der Waals surface area contributed by atoms with Crippen molar-refractivity contribution < 1.29 is 13.2 Å². The fourth-order valence-corrected chi connectivity index (χ4v) is 3.97. The van der Waals surface area contributed by atoms with Gasteiger partial charge in [-0.25, -0.2) is 8.42 Å². The van der Waals surface area contributed by atoms with Crippen molar-refractivity contribution in [2.45, 2.75) is 17.7 Å². The van der Waals surface area contributed by atoms with E-state index in [2.05, 4.69) is 35.7 Å². The molecule has 0 bridgehead atoms. The lowest BCUT2D eigenvalue weighted by Crippen LogP contribution is -2.29. The molecule has 148 valence electrons. The van der Waals surface area contributed by atoms with Crippen molar-refractivity contribution in [2.75, 3.05) is 11.9 Å². The van der Waals surface area contributed by atoms with Crippen LogP contribution in [-0.2, 0) is 10.0 Å². The van der Waals surface area contributed by atoms with Crippen molar-refractivity contribution >= 4 is 27.5 Å². The zero-order valence-corrected chi connectivity index (χ0v) is 16.0. The Kier molecular flexibility index (Phi) is 5.04. The number of nitrogens with zero attached hydrogens (tertiary/aromatic N) is 4. The predicted molar refractivity (Wildman–Crippen MR) is 106 cm³/mol. The summed E-state index contributed by atoms with van der Waals surface area (Å²) < 4.78 is 27.5. The van der Waals surface area contributed by atoms with Gasteiger partial charge in [-0.1, -0.05) is 18.2 Å². The Morgan fingerprint density at radius 2 is 1.93 bits per heavy atom. The lowest BCUT2D eigenvalue weighted by Gasteiger charge is -2.10. The Bertz CT molecular complexity index is 1160. The summed E-state index contributed by atoms with van der Waals surface area (Å²) in [7, 11) is -3.75. The van der Waals surface area contributed by atoms with Crippen LogP contribution >= 0.6 is 0 Å². The second-order valence-electron chi connectivity index (χ2n) is 6.33. The number of H-pyrrole nitrogens is 1. The molecule has 1 amide bonds. The van der Waals surface area contributed by atoms with E-state index >= 15 is 0 Å². The quantitative estimate of drug-likeness (QED) is 0.582. The van der Waals surface area contributed by atoms with Crippen LogP contribution in [0.2, 0.25) is 0 Å². The van der Waals surface area contributed by atoms with Gasteiger partial charge in [0, 0.05) is 29.8 Å². The van der Waals surface area contributed by atoms with Gasteiger partial charge in [0.1, 0.15) is 5.84 Å². The van der Waals surface area contributed by atoms with Crippen LogP contribution in [0.5, 0.6) is 0 Å². The second kappa shape index (κ2) is 7.80. The summed E-state index contributed by atoms with van der Waals surface area (Å²) in [5.41, 5.74) is 1.49. The molecule has 1 aromatic heterocycles. The summed E-state index contributed by atoms with van der Waals surface area (Å²) in [5, 5.41) is 16.3. The molecule has 0 atom stereocenters. The van der Waals surface area contributed by atoms with E-state index < -0.39 is 10.0 Å². The van der Waals surface area contributed by atoms with Gasteiger partial charge in [-0.15, -0.1) is 10.2 Å². The minimum atomic E-state index is -3.75. The van der Waals surface area contributed by atoms with Crippen LogP contribution in [0.25, 0.3) is 11.4 Å². The number of rotatable bonds is 5. The third kappa shape index (κ3) is 4.29. The molecule has 3 aromatic rings. The van der Waals surface area contributed by atoms with Crippen LogP contribution in [0.1, 0.15) is 23.2 Å². The zero-order valence-electron chi connectivity index (χ0n) is 15.2. The molecular formula is C18H17N7O3S. The molecule has 0 spiro atoms. The fraction of sp³-hybridized carbons (Fsp3) is 0.167. The highest BCUT2D eigenvalue weighted by atomic mass is 32.2. The van der Waals surface area contributed by atoms with Crippen LogP contribution in [-0.4, -0.2) is 47.3 Å². The van der Waals surface area contributed by atoms with Gasteiger partial charge < -0.3 is 5.32 Å². The highest BCUT2D eigenvalue weighted by Crippen LogP contribution is 2.18. The molecule has 0 saturated carbocycles. The van der Waals surface area contributed by atoms with E-state index in [1.807, 2.05) is 0 Å². The highest BCUT2D eigenvalue weighted by molar-refractivity contribution is 7.90. The van der Waals surface area contributed by atoms with Crippen LogP contribution in [0.4, 0.5) is 5.69 Å². The third-order valence-corrected chi connectivity index (χ3v) is 5.66. The molecule has 0 saturated heterocycles. The molecule has 10 nitrogen and oxygen atoms in total. The Hall–Kier alpha value is -3.60. The van der Waals surface area contributed by atoms with Crippen molar-refractivity contribution in [1.29, 1.82) is 0 Å². The SMILES string of the molecule is O=C(Nc1cccc(S(=O)(=O)NC2=NCCC2)c1)c1ccc(-c2nn[nH]n2)cc1. The van der Waals surface area contributed by atoms with E-state index in [4.69, 9.17) is 0 Å². The maximum atomic E-state index is 12.5. The Labute approximate surface area is 166 Å². The van der Waals surface area contributed by atoms with E-state index in [1.54, 1.807) is 36.4 Å². The molecule has 29 heavy (non-hydrogen) atoms. The summed E-state index contributed by atoms with van der Waals surface area (Å²) >= 11 is 0. The molecule has 1 aliphatic heterocycles. The number of hydrogen-bond acceptors (Lipinski definition) is 7. The molecular weight excluding hydrogens is 394 g/mol. The lowest BCUT2D eigenvalue weighted by molar-refractivity contribution is 0.102. The molecule has 0 unspecified atom stereocenters. The fourth-order valence-electron chi connectivity index (χ4n) is 2.84. The minimum Gasteiger partial charge on any atom is -0.322 e. The van der Waals surface area contributed by atoms with Crippen molar-refractivity contribution in [3.63, 3.8) is 0 Å². The maximum Gasteiger partial charge on any atom is 0.262 e. The number of aromatic nitrogens is 4. The number of sulfonamides is 1. The second-order valence-corrected chi connectivity index (χ2v) is 8.01. The largest absolute Gasteiger partial charge is 0.322 e. The van der Waals surface area contributed by atoms with Gasteiger partial charge in [0.25, 0.3) is 15.9 Å². The smallest absolute Gasteiger partial charge is 0.262 e. The normalized spacial score (nSPS) is 13.7. The van der Waals surface area contributed by atoms with Gasteiger partial charge in [0.2, 0.25) is 5.82 Å². The number of aromatic amines is 1. The number of aliphatic imine (C=N–C) groups is 1. The Balaban J connectivity index is 1.48. The molecule has 0 radical (unpaired) electrons. The number of amides is 1. The first kappa shape index (κ1) is 18.7. The molecule has 4 rings (SSSR count). The summed E-state index contributed by atoms with van der Waals surface area (Å²) in [5.74, 6) is 0.516. The van der Waals surface area contributed by atoms with Crippen LogP contribution in [0, 0.1) is 0 Å². The number of carbonyl (C=O) groups is 1. The highest BCUT2D eigenvalue weighted by Gasteiger charge is 2.19. The van der Waals surface area contributed by atoms with Crippen LogP contribution in [0.3, 0.4) is 0 Å². The summed E-state index contributed by atoms with van der Waals surface area (Å²) in [6, 6.07) is 12.7.